The molecule has 1 spiro atoms. The number of hydrogen-bond acceptors (Lipinski definition) is 10. The van der Waals surface area contributed by atoms with Gasteiger partial charge >= 0.3 is 6.18 Å². The maximum absolute atomic E-state index is 13.5. The second-order valence-electron chi connectivity index (χ2n) is 18.3. The van der Waals surface area contributed by atoms with Gasteiger partial charge in [0.25, 0.3) is 17.7 Å². The minimum Gasteiger partial charge on any atom is -0.494 e. The van der Waals surface area contributed by atoms with E-state index in [9.17, 15) is 37.1 Å². The van der Waals surface area contributed by atoms with Gasteiger partial charge in [-0.2, -0.15) is 18.3 Å². The number of imide groups is 2. The summed E-state index contributed by atoms with van der Waals surface area (Å²) in [6.07, 6.45) is 8.66. The van der Waals surface area contributed by atoms with Gasteiger partial charge in [-0.3, -0.25) is 38.9 Å². The van der Waals surface area contributed by atoms with Gasteiger partial charge in [-0.05, 0) is 125 Å². The number of hydrogen-bond donors (Lipinski definition) is 3. The molecule has 9 rings (SSSR count). The summed E-state index contributed by atoms with van der Waals surface area (Å²) in [5.74, 6) is -1.39. The van der Waals surface area contributed by atoms with Crippen molar-refractivity contribution >= 4 is 51.8 Å². The number of carbonyl (C=O) groups excluding carboxylic acids is 5. The van der Waals surface area contributed by atoms with Crippen LogP contribution in [0, 0.1) is 17.3 Å². The zero-order chi connectivity index (χ0) is 44.2. The molecule has 1 saturated heterocycles. The first-order chi connectivity index (χ1) is 30.2. The van der Waals surface area contributed by atoms with Gasteiger partial charge in [-0.1, -0.05) is 12.1 Å². The normalized spacial score (nSPS) is 26.2. The number of amides is 5. The fourth-order valence-electron chi connectivity index (χ4n) is 10.9. The largest absolute Gasteiger partial charge is 0.494 e. The molecule has 2 aromatic carbocycles. The lowest BCUT2D eigenvalue weighted by Crippen LogP contribution is -2.54. The first-order valence-corrected chi connectivity index (χ1v) is 21.9. The molecule has 4 heterocycles. The molecule has 3 saturated carbocycles. The summed E-state index contributed by atoms with van der Waals surface area (Å²) in [5.41, 5.74) is 1.07. The molecule has 2 aromatic heterocycles. The fraction of sp³-hybridized carbons (Fsp3) is 0.500. The number of carbonyl (C=O) groups is 5. The Kier molecular flexibility index (Phi) is 11.3. The Labute approximate surface area is 362 Å². The Hall–Kier alpha value is -5.84. The maximum atomic E-state index is 13.5. The van der Waals surface area contributed by atoms with Crippen LogP contribution in [0.15, 0.2) is 54.7 Å². The Bertz CT molecular complexity index is 2460. The second-order valence-corrected chi connectivity index (χ2v) is 18.3. The van der Waals surface area contributed by atoms with Gasteiger partial charge in [0.1, 0.15) is 23.2 Å². The van der Waals surface area contributed by atoms with Crippen LogP contribution in [0.4, 0.5) is 24.5 Å². The molecule has 332 valence electrons. The Morgan fingerprint density at radius 3 is 2.40 bits per heavy atom. The number of aromatic nitrogens is 3. The fourth-order valence-corrected chi connectivity index (χ4v) is 10.9. The topological polar surface area (TPSA) is 168 Å². The van der Waals surface area contributed by atoms with Crippen LogP contribution in [-0.4, -0.2) is 93.4 Å². The predicted molar refractivity (Wildman–Crippen MR) is 226 cm³/mol. The van der Waals surface area contributed by atoms with E-state index >= 15 is 0 Å². The minimum atomic E-state index is -4.67. The van der Waals surface area contributed by atoms with Gasteiger partial charge in [-0.25, -0.2) is 4.98 Å². The molecule has 5 aliphatic rings. The lowest BCUT2D eigenvalue weighted by molar-refractivity contribution is -0.141. The number of piperidine rings is 1. The third kappa shape index (κ3) is 8.39. The number of ether oxygens (including phenoxy) is 1. The highest BCUT2D eigenvalue weighted by Crippen LogP contribution is 2.55. The highest BCUT2D eigenvalue weighted by molar-refractivity contribution is 6.25. The number of rotatable bonds is 11. The Morgan fingerprint density at radius 2 is 1.68 bits per heavy atom. The van der Waals surface area contributed by atoms with Gasteiger partial charge in [-0.15, -0.1) is 0 Å². The zero-order valence-electron chi connectivity index (χ0n) is 35.3. The van der Waals surface area contributed by atoms with Crippen molar-refractivity contribution in [2.24, 2.45) is 17.3 Å². The summed E-state index contributed by atoms with van der Waals surface area (Å²) < 4.78 is 47.1. The molecule has 1 unspecified atom stereocenters. The van der Waals surface area contributed by atoms with Crippen LogP contribution in [0.5, 0.6) is 5.75 Å². The van der Waals surface area contributed by atoms with E-state index in [2.05, 4.69) is 32.9 Å². The Balaban J connectivity index is 0.727. The SMILES string of the molecule is COc1cc2nn(C3CCC(CN(C)C4CCC5(CC4)CC(CNc4cccc6c4C(=O)N(C4CCC(=O)NC4=O)C6=O)C5)CC3)cc2cc1NC(=O)c1cccc(C(F)(F)F)n1. The summed E-state index contributed by atoms with van der Waals surface area (Å²) >= 11 is 0. The van der Waals surface area contributed by atoms with Crippen LogP contribution in [-0.2, 0) is 15.8 Å². The first-order valence-electron chi connectivity index (χ1n) is 21.9. The van der Waals surface area contributed by atoms with E-state index < -0.39 is 47.4 Å². The molecule has 17 heteroatoms. The van der Waals surface area contributed by atoms with Crippen LogP contribution in [0.1, 0.15) is 120 Å². The summed E-state index contributed by atoms with van der Waals surface area (Å²) in [5, 5.41) is 14.0. The molecular weight excluding hydrogens is 818 g/mol. The van der Waals surface area contributed by atoms with Crippen molar-refractivity contribution in [3.63, 3.8) is 0 Å². The number of nitrogens with one attached hydrogen (secondary N) is 3. The van der Waals surface area contributed by atoms with Crippen LogP contribution >= 0.6 is 0 Å². The van der Waals surface area contributed by atoms with E-state index in [1.165, 1.54) is 38.9 Å². The number of pyridine rings is 1. The van der Waals surface area contributed by atoms with Gasteiger partial charge in [0.15, 0.2) is 0 Å². The lowest BCUT2D eigenvalue weighted by atomic mass is 9.55. The summed E-state index contributed by atoms with van der Waals surface area (Å²) in [6, 6.07) is 11.6. The number of nitrogens with zero attached hydrogens (tertiary/aromatic N) is 5. The first kappa shape index (κ1) is 42.5. The molecular formula is C46H51F3N8O6. The predicted octanol–water partition coefficient (Wildman–Crippen LogP) is 7.23. The van der Waals surface area contributed by atoms with Crippen molar-refractivity contribution in [1.29, 1.82) is 0 Å². The Morgan fingerprint density at radius 1 is 0.937 bits per heavy atom. The third-order valence-corrected chi connectivity index (χ3v) is 14.2. The molecule has 14 nitrogen and oxygen atoms in total. The number of anilines is 2. The standard InChI is InChI=1S/C46H51F3N8O6/c1-55(24-26-9-11-30(12-10-26)56-25-28-19-35(37(63-2)20-34(28)54-56)52-41(59)33-7-4-8-38(51-33)46(47,48)49)29-15-17-45(18-16-29)21-27(22-45)23-50-32-6-3-5-31-40(32)44(62)57(43(31)61)36-13-14-39(58)53-42(36)60/h3-8,19-20,25-27,29-30,36,50H,9-18,21-24H2,1-2H3,(H,52,59)(H,53,58,60). The van der Waals surface area contributed by atoms with E-state index in [1.54, 1.807) is 24.3 Å². The van der Waals surface area contributed by atoms with Gasteiger partial charge in [0.2, 0.25) is 11.8 Å². The molecule has 63 heavy (non-hydrogen) atoms. The molecule has 4 fully saturated rings. The van der Waals surface area contributed by atoms with Crippen LogP contribution in [0.25, 0.3) is 10.9 Å². The maximum Gasteiger partial charge on any atom is 0.433 e. The highest BCUT2D eigenvalue weighted by atomic mass is 19.4. The van der Waals surface area contributed by atoms with Crippen molar-refractivity contribution in [1.82, 2.24) is 29.9 Å². The van der Waals surface area contributed by atoms with E-state index in [-0.39, 0.29) is 30.1 Å². The van der Waals surface area contributed by atoms with Gasteiger partial charge < -0.3 is 20.3 Å². The molecule has 0 bridgehead atoms. The lowest BCUT2D eigenvalue weighted by Gasteiger charge is -2.53. The molecule has 1 atom stereocenters. The molecule has 2 aliphatic heterocycles. The van der Waals surface area contributed by atoms with Crippen molar-refractivity contribution in [2.45, 2.75) is 101 Å². The summed E-state index contributed by atoms with van der Waals surface area (Å²) in [4.78, 5) is 70.9. The molecule has 4 aromatic rings. The van der Waals surface area contributed by atoms with Crippen LogP contribution < -0.4 is 20.7 Å². The monoisotopic (exact) mass is 868 g/mol. The third-order valence-electron chi connectivity index (χ3n) is 14.2. The van der Waals surface area contributed by atoms with Crippen LogP contribution in [0.2, 0.25) is 0 Å². The molecule has 5 amide bonds. The highest BCUT2D eigenvalue weighted by Gasteiger charge is 2.48. The number of methoxy groups -OCH3 is 1. The van der Waals surface area contributed by atoms with E-state index in [1.807, 2.05) is 16.9 Å². The molecule has 3 aliphatic carbocycles. The van der Waals surface area contributed by atoms with E-state index in [0.29, 0.717) is 58.0 Å². The minimum absolute atomic E-state index is 0.0811. The number of halogens is 3. The quantitative estimate of drug-likeness (QED) is 0.131. The summed E-state index contributed by atoms with van der Waals surface area (Å²) in [6.45, 7) is 1.76. The average molecular weight is 869 g/mol. The number of alkyl halides is 3. The van der Waals surface area contributed by atoms with E-state index in [0.717, 1.165) is 67.5 Å². The van der Waals surface area contributed by atoms with Crippen molar-refractivity contribution in [3.8, 4) is 5.75 Å². The second kappa shape index (κ2) is 16.7. The van der Waals surface area contributed by atoms with Crippen molar-refractivity contribution in [3.05, 3.63) is 77.2 Å². The van der Waals surface area contributed by atoms with Gasteiger partial charge in [0.05, 0.1) is 35.5 Å². The number of fused-ring (bicyclic) bond motifs is 2. The van der Waals surface area contributed by atoms with Crippen molar-refractivity contribution < 1.29 is 41.9 Å². The molecule has 3 N–H and O–H groups in total. The van der Waals surface area contributed by atoms with Crippen molar-refractivity contribution in [2.75, 3.05) is 37.9 Å². The summed E-state index contributed by atoms with van der Waals surface area (Å²) in [7, 11) is 3.72. The van der Waals surface area contributed by atoms with Crippen LogP contribution in [0.3, 0.4) is 0 Å². The average Bonchev–Trinajstić information content (AvgIpc) is 3.79. The molecule has 0 radical (unpaired) electrons. The smallest absolute Gasteiger partial charge is 0.433 e. The van der Waals surface area contributed by atoms with E-state index in [4.69, 9.17) is 9.84 Å². The zero-order valence-corrected chi connectivity index (χ0v) is 35.3. The number of benzene rings is 2. The van der Waals surface area contributed by atoms with Gasteiger partial charge in [0, 0.05) is 48.9 Å².